The van der Waals surface area contributed by atoms with Gasteiger partial charge >= 0.3 is 0 Å². The molecule has 106 valence electrons. The topological polar surface area (TPSA) is 62.1 Å². The second-order valence-corrected chi connectivity index (χ2v) is 4.59. The molecule has 0 spiro atoms. The van der Waals surface area contributed by atoms with Gasteiger partial charge in [-0.3, -0.25) is 0 Å². The molecule has 0 fully saturated rings. The molecule has 4 heteroatoms. The van der Waals surface area contributed by atoms with Gasteiger partial charge in [0, 0.05) is 5.56 Å². The standard InChI is InChI=1S/C15H23NO3/c1-3-4-5-6-7-8-14(16-18)13-11-12(19-2)9-10-15(13)17/h9-11,17-18H,3-8H2,1-2H3/b16-14+. The van der Waals surface area contributed by atoms with Gasteiger partial charge in [-0.25, -0.2) is 0 Å². The van der Waals surface area contributed by atoms with E-state index in [0.29, 0.717) is 23.4 Å². The van der Waals surface area contributed by atoms with E-state index in [1.165, 1.54) is 19.3 Å². The third-order valence-electron chi connectivity index (χ3n) is 3.15. The molecule has 0 saturated carbocycles. The van der Waals surface area contributed by atoms with Gasteiger partial charge in [-0.1, -0.05) is 37.8 Å². The van der Waals surface area contributed by atoms with Crippen molar-refractivity contribution in [3.8, 4) is 11.5 Å². The number of aromatic hydroxyl groups is 1. The molecule has 1 aromatic rings. The van der Waals surface area contributed by atoms with E-state index < -0.39 is 0 Å². The second-order valence-electron chi connectivity index (χ2n) is 4.59. The Labute approximate surface area is 114 Å². The Morgan fingerprint density at radius 3 is 2.58 bits per heavy atom. The van der Waals surface area contributed by atoms with E-state index in [0.717, 1.165) is 12.8 Å². The van der Waals surface area contributed by atoms with Gasteiger partial charge in [0.25, 0.3) is 0 Å². The first-order valence-electron chi connectivity index (χ1n) is 6.81. The van der Waals surface area contributed by atoms with Crippen LogP contribution in [0, 0.1) is 0 Å². The zero-order chi connectivity index (χ0) is 14.1. The number of benzene rings is 1. The Bertz CT molecular complexity index is 416. The number of phenols is 1. The molecule has 0 aliphatic rings. The molecule has 0 radical (unpaired) electrons. The molecule has 19 heavy (non-hydrogen) atoms. The smallest absolute Gasteiger partial charge is 0.125 e. The molecule has 1 aromatic carbocycles. The summed E-state index contributed by atoms with van der Waals surface area (Å²) in [4.78, 5) is 0. The van der Waals surface area contributed by atoms with Gasteiger partial charge in [0.1, 0.15) is 11.5 Å². The molecule has 0 amide bonds. The van der Waals surface area contributed by atoms with Crippen molar-refractivity contribution in [2.45, 2.75) is 45.4 Å². The number of hydrogen-bond acceptors (Lipinski definition) is 4. The molecule has 0 bridgehead atoms. The highest BCUT2D eigenvalue weighted by Gasteiger charge is 2.11. The van der Waals surface area contributed by atoms with E-state index in [4.69, 9.17) is 9.94 Å². The number of phenolic OH excluding ortho intramolecular Hbond substituents is 1. The van der Waals surface area contributed by atoms with E-state index in [-0.39, 0.29) is 5.75 Å². The summed E-state index contributed by atoms with van der Waals surface area (Å²) in [6.45, 7) is 2.18. The molecule has 1 rings (SSSR count). The van der Waals surface area contributed by atoms with Crippen LogP contribution >= 0.6 is 0 Å². The lowest BCUT2D eigenvalue weighted by Crippen LogP contribution is -2.02. The zero-order valence-electron chi connectivity index (χ0n) is 11.7. The van der Waals surface area contributed by atoms with Crippen LogP contribution in [0.15, 0.2) is 23.4 Å². The minimum atomic E-state index is 0.113. The van der Waals surface area contributed by atoms with Crippen molar-refractivity contribution >= 4 is 5.71 Å². The van der Waals surface area contributed by atoms with E-state index in [1.54, 1.807) is 25.3 Å². The molecule has 0 saturated heterocycles. The number of nitrogens with zero attached hydrogens (tertiary/aromatic N) is 1. The Balaban J connectivity index is 2.64. The maximum Gasteiger partial charge on any atom is 0.125 e. The Morgan fingerprint density at radius 2 is 1.95 bits per heavy atom. The van der Waals surface area contributed by atoms with Crippen LogP contribution in [0.5, 0.6) is 11.5 Å². The molecular weight excluding hydrogens is 242 g/mol. The molecule has 0 aromatic heterocycles. The fraction of sp³-hybridized carbons (Fsp3) is 0.533. The first kappa shape index (κ1) is 15.3. The van der Waals surface area contributed by atoms with Crippen molar-refractivity contribution in [1.29, 1.82) is 0 Å². The first-order valence-corrected chi connectivity index (χ1v) is 6.81. The largest absolute Gasteiger partial charge is 0.507 e. The number of rotatable bonds is 8. The summed E-state index contributed by atoms with van der Waals surface area (Å²) in [7, 11) is 1.57. The van der Waals surface area contributed by atoms with Gasteiger partial charge in [-0.2, -0.15) is 0 Å². The molecule has 0 aliphatic heterocycles. The molecular formula is C15H23NO3. The quantitative estimate of drug-likeness (QED) is 0.324. The van der Waals surface area contributed by atoms with Crippen LogP contribution in [-0.4, -0.2) is 23.1 Å². The summed E-state index contributed by atoms with van der Waals surface area (Å²) in [6, 6.07) is 4.92. The van der Waals surface area contributed by atoms with Crippen molar-refractivity contribution in [3.63, 3.8) is 0 Å². The molecule has 0 atom stereocenters. The van der Waals surface area contributed by atoms with Crippen molar-refractivity contribution in [3.05, 3.63) is 23.8 Å². The lowest BCUT2D eigenvalue weighted by atomic mass is 10.0. The maximum absolute atomic E-state index is 9.83. The summed E-state index contributed by atoms with van der Waals surface area (Å²) in [6.07, 6.45) is 6.35. The highest BCUT2D eigenvalue weighted by molar-refractivity contribution is 6.02. The van der Waals surface area contributed by atoms with Crippen LogP contribution in [0.25, 0.3) is 0 Å². The van der Waals surface area contributed by atoms with Crippen molar-refractivity contribution in [1.82, 2.24) is 0 Å². The molecule has 2 N–H and O–H groups in total. The van der Waals surface area contributed by atoms with Gasteiger partial charge in [0.15, 0.2) is 0 Å². The van der Waals surface area contributed by atoms with Crippen molar-refractivity contribution in [2.24, 2.45) is 5.16 Å². The van der Waals surface area contributed by atoms with Crippen LogP contribution in [0.4, 0.5) is 0 Å². The predicted octanol–water partition coefficient (Wildman–Crippen LogP) is 3.94. The Hall–Kier alpha value is -1.71. The zero-order valence-corrected chi connectivity index (χ0v) is 11.7. The summed E-state index contributed by atoms with van der Waals surface area (Å²) in [5.41, 5.74) is 1.05. The average Bonchev–Trinajstić information content (AvgIpc) is 2.44. The summed E-state index contributed by atoms with van der Waals surface area (Å²) >= 11 is 0. The van der Waals surface area contributed by atoms with Gasteiger partial charge in [0.2, 0.25) is 0 Å². The van der Waals surface area contributed by atoms with Gasteiger partial charge in [0.05, 0.1) is 12.8 Å². The molecule has 0 heterocycles. The van der Waals surface area contributed by atoms with Crippen LogP contribution in [0.3, 0.4) is 0 Å². The van der Waals surface area contributed by atoms with Crippen LogP contribution in [0.1, 0.15) is 51.0 Å². The third kappa shape index (κ3) is 4.81. The Kier molecular flexibility index (Phi) is 6.79. The first-order chi connectivity index (χ1) is 9.22. The summed E-state index contributed by atoms with van der Waals surface area (Å²) in [5, 5.41) is 22.2. The van der Waals surface area contributed by atoms with E-state index in [9.17, 15) is 5.11 Å². The minimum Gasteiger partial charge on any atom is -0.507 e. The summed E-state index contributed by atoms with van der Waals surface area (Å²) < 4.78 is 5.11. The number of methoxy groups -OCH3 is 1. The minimum absolute atomic E-state index is 0.113. The van der Waals surface area contributed by atoms with Crippen LogP contribution in [0.2, 0.25) is 0 Å². The van der Waals surface area contributed by atoms with Gasteiger partial charge in [-0.15, -0.1) is 0 Å². The highest BCUT2D eigenvalue weighted by atomic mass is 16.5. The van der Waals surface area contributed by atoms with Crippen molar-refractivity contribution < 1.29 is 15.1 Å². The fourth-order valence-corrected chi connectivity index (χ4v) is 2.01. The molecule has 0 aliphatic carbocycles. The number of ether oxygens (including phenoxy) is 1. The lowest BCUT2D eigenvalue weighted by Gasteiger charge is -2.09. The fourth-order valence-electron chi connectivity index (χ4n) is 2.01. The summed E-state index contributed by atoms with van der Waals surface area (Å²) in [5.74, 6) is 0.752. The Morgan fingerprint density at radius 1 is 1.21 bits per heavy atom. The second kappa shape index (κ2) is 8.40. The average molecular weight is 265 g/mol. The SMILES string of the molecule is CCCCCCC/C(=N\O)c1cc(OC)ccc1O. The predicted molar refractivity (Wildman–Crippen MR) is 76.4 cm³/mol. The molecule has 4 nitrogen and oxygen atoms in total. The van der Waals surface area contributed by atoms with Crippen LogP contribution < -0.4 is 4.74 Å². The van der Waals surface area contributed by atoms with Crippen molar-refractivity contribution in [2.75, 3.05) is 7.11 Å². The van der Waals surface area contributed by atoms with Crippen LogP contribution in [-0.2, 0) is 0 Å². The molecule has 0 unspecified atom stereocenters. The van der Waals surface area contributed by atoms with E-state index in [2.05, 4.69) is 12.1 Å². The highest BCUT2D eigenvalue weighted by Crippen LogP contribution is 2.25. The van der Waals surface area contributed by atoms with E-state index >= 15 is 0 Å². The lowest BCUT2D eigenvalue weighted by molar-refractivity contribution is 0.317. The maximum atomic E-state index is 9.83. The van der Waals surface area contributed by atoms with E-state index in [1.807, 2.05) is 0 Å². The van der Waals surface area contributed by atoms with Gasteiger partial charge in [-0.05, 0) is 31.0 Å². The monoisotopic (exact) mass is 265 g/mol. The van der Waals surface area contributed by atoms with Gasteiger partial charge < -0.3 is 15.1 Å². The number of oxime groups is 1. The number of unbranched alkanes of at least 4 members (excludes halogenated alkanes) is 4. The number of hydrogen-bond donors (Lipinski definition) is 2. The normalized spacial score (nSPS) is 11.6. The third-order valence-corrected chi connectivity index (χ3v) is 3.15.